The Kier molecular flexibility index (Phi) is 11.3. The Morgan fingerprint density at radius 3 is 2.19 bits per heavy atom. The molecule has 0 saturated heterocycles. The topological polar surface area (TPSA) is 174 Å². The predicted octanol–water partition coefficient (Wildman–Crippen LogP) is 2.03. The molecule has 0 radical (unpaired) electrons. The van der Waals surface area contributed by atoms with Crippen LogP contribution in [-0.4, -0.2) is 79.1 Å². The van der Waals surface area contributed by atoms with Gasteiger partial charge in [0.1, 0.15) is 17.9 Å². The van der Waals surface area contributed by atoms with Crippen LogP contribution in [0.2, 0.25) is 0 Å². The second kappa shape index (κ2) is 15.5. The standard InChI is InChI=1S/C29H34N6O7/c1-19-24-8-5-22(30)17-26(24)42-29(37)25(19)18-27(36)31-9-10-38-11-12-39-13-14-40-15-16-41-23-6-3-21(4-7-23)28-34-32-20(2)33-35-28/h3-8,17H,9-16,18,30H2,1-2H3,(H,31,36). The molecular formula is C29H34N6O7. The first kappa shape index (κ1) is 30.5. The fourth-order valence-corrected chi connectivity index (χ4v) is 3.96. The molecule has 0 fully saturated rings. The van der Waals surface area contributed by atoms with Crippen molar-refractivity contribution in [2.45, 2.75) is 20.3 Å². The first-order valence-corrected chi connectivity index (χ1v) is 13.5. The van der Waals surface area contributed by atoms with Crippen LogP contribution in [0.1, 0.15) is 17.0 Å². The second-order valence-electron chi connectivity index (χ2n) is 9.26. The number of benzene rings is 2. The maximum atomic E-state index is 12.3. The summed E-state index contributed by atoms with van der Waals surface area (Å²) in [7, 11) is 0. The zero-order valence-electron chi connectivity index (χ0n) is 23.6. The second-order valence-corrected chi connectivity index (χ2v) is 9.26. The molecule has 2 heterocycles. The highest BCUT2D eigenvalue weighted by Gasteiger charge is 2.15. The van der Waals surface area contributed by atoms with Gasteiger partial charge in [-0.15, -0.1) is 20.4 Å². The van der Waals surface area contributed by atoms with Crippen LogP contribution < -0.4 is 21.4 Å². The highest BCUT2D eigenvalue weighted by molar-refractivity contribution is 5.86. The van der Waals surface area contributed by atoms with Gasteiger partial charge in [-0.2, -0.15) is 0 Å². The van der Waals surface area contributed by atoms with E-state index in [2.05, 4.69) is 25.7 Å². The van der Waals surface area contributed by atoms with Crippen molar-refractivity contribution in [3.05, 3.63) is 69.8 Å². The average molecular weight is 579 g/mol. The van der Waals surface area contributed by atoms with Crippen LogP contribution in [0.15, 0.2) is 51.7 Å². The van der Waals surface area contributed by atoms with Gasteiger partial charge in [0.25, 0.3) is 0 Å². The van der Waals surface area contributed by atoms with Crippen LogP contribution in [0.4, 0.5) is 5.69 Å². The van der Waals surface area contributed by atoms with Crippen LogP contribution in [0.5, 0.6) is 5.75 Å². The van der Waals surface area contributed by atoms with Gasteiger partial charge in [-0.3, -0.25) is 4.79 Å². The van der Waals surface area contributed by atoms with Gasteiger partial charge in [0.05, 0.1) is 51.6 Å². The Morgan fingerprint density at radius 1 is 0.857 bits per heavy atom. The number of nitrogens with zero attached hydrogens (tertiary/aromatic N) is 4. The monoisotopic (exact) mass is 578 g/mol. The van der Waals surface area contributed by atoms with E-state index >= 15 is 0 Å². The number of rotatable bonds is 16. The molecule has 0 aliphatic rings. The number of aromatic nitrogens is 4. The molecule has 1 amide bonds. The molecular weight excluding hydrogens is 544 g/mol. The summed E-state index contributed by atoms with van der Waals surface area (Å²) in [5.41, 5.74) is 7.96. The number of aryl methyl sites for hydroxylation is 2. The first-order chi connectivity index (χ1) is 20.4. The van der Waals surface area contributed by atoms with E-state index in [1.807, 2.05) is 24.3 Å². The van der Waals surface area contributed by atoms with Crippen molar-refractivity contribution in [1.82, 2.24) is 25.7 Å². The molecule has 2 aromatic carbocycles. The maximum absolute atomic E-state index is 12.3. The largest absolute Gasteiger partial charge is 0.491 e. The third-order valence-corrected chi connectivity index (χ3v) is 6.15. The van der Waals surface area contributed by atoms with Crippen LogP contribution >= 0.6 is 0 Å². The van der Waals surface area contributed by atoms with Crippen molar-refractivity contribution in [2.75, 3.05) is 58.5 Å². The number of fused-ring (bicyclic) bond motifs is 1. The minimum atomic E-state index is -0.540. The van der Waals surface area contributed by atoms with Crippen LogP contribution in [0.3, 0.4) is 0 Å². The zero-order chi connectivity index (χ0) is 29.7. The highest BCUT2D eigenvalue weighted by atomic mass is 16.6. The number of carbonyl (C=O) groups excluding carboxylic acids is 1. The summed E-state index contributed by atoms with van der Waals surface area (Å²) in [4.78, 5) is 24.7. The third kappa shape index (κ3) is 9.03. The first-order valence-electron chi connectivity index (χ1n) is 13.5. The Morgan fingerprint density at radius 2 is 1.50 bits per heavy atom. The average Bonchev–Trinajstić information content (AvgIpc) is 2.98. The molecule has 42 heavy (non-hydrogen) atoms. The molecule has 0 aliphatic heterocycles. The van der Waals surface area contributed by atoms with Gasteiger partial charge < -0.3 is 34.4 Å². The number of nitrogens with two attached hydrogens (primary N) is 1. The van der Waals surface area contributed by atoms with E-state index in [1.54, 1.807) is 32.0 Å². The van der Waals surface area contributed by atoms with Crippen molar-refractivity contribution in [1.29, 1.82) is 0 Å². The van der Waals surface area contributed by atoms with Crippen molar-refractivity contribution in [3.63, 3.8) is 0 Å². The molecule has 0 bridgehead atoms. The predicted molar refractivity (Wildman–Crippen MR) is 154 cm³/mol. The number of nitrogen functional groups attached to an aromatic ring is 1. The van der Waals surface area contributed by atoms with E-state index in [1.165, 1.54) is 0 Å². The Balaban J connectivity index is 0.992. The smallest absolute Gasteiger partial charge is 0.340 e. The van der Waals surface area contributed by atoms with Gasteiger partial charge in [-0.05, 0) is 55.8 Å². The molecule has 4 aromatic rings. The third-order valence-electron chi connectivity index (χ3n) is 6.15. The van der Waals surface area contributed by atoms with Crippen LogP contribution in [0, 0.1) is 13.8 Å². The molecule has 0 saturated carbocycles. The number of hydrogen-bond acceptors (Lipinski definition) is 12. The van der Waals surface area contributed by atoms with Gasteiger partial charge >= 0.3 is 5.63 Å². The van der Waals surface area contributed by atoms with Crippen molar-refractivity contribution >= 4 is 22.6 Å². The summed E-state index contributed by atoms with van der Waals surface area (Å²) in [6, 6.07) is 12.5. The molecule has 4 rings (SSSR count). The van der Waals surface area contributed by atoms with Gasteiger partial charge in [0.15, 0.2) is 5.82 Å². The lowest BCUT2D eigenvalue weighted by molar-refractivity contribution is -0.120. The maximum Gasteiger partial charge on any atom is 0.340 e. The quantitative estimate of drug-likeness (QED) is 0.113. The molecule has 2 aromatic heterocycles. The minimum Gasteiger partial charge on any atom is -0.491 e. The number of carbonyl (C=O) groups is 1. The van der Waals surface area contributed by atoms with Gasteiger partial charge in [0.2, 0.25) is 11.7 Å². The summed E-state index contributed by atoms with van der Waals surface area (Å²) in [6.07, 6.45) is -0.0752. The fourth-order valence-electron chi connectivity index (χ4n) is 3.96. The molecule has 222 valence electrons. The van der Waals surface area contributed by atoms with Crippen LogP contribution in [-0.2, 0) is 25.4 Å². The van der Waals surface area contributed by atoms with E-state index in [4.69, 9.17) is 29.1 Å². The summed E-state index contributed by atoms with van der Waals surface area (Å²) < 4.78 is 27.5. The summed E-state index contributed by atoms with van der Waals surface area (Å²) >= 11 is 0. The summed E-state index contributed by atoms with van der Waals surface area (Å²) in [5, 5.41) is 19.3. The normalized spacial score (nSPS) is 11.1. The lowest BCUT2D eigenvalue weighted by Gasteiger charge is -2.10. The van der Waals surface area contributed by atoms with E-state index in [9.17, 15) is 9.59 Å². The molecule has 0 spiro atoms. The van der Waals surface area contributed by atoms with E-state index < -0.39 is 5.63 Å². The van der Waals surface area contributed by atoms with Crippen molar-refractivity contribution < 1.29 is 28.2 Å². The van der Waals surface area contributed by atoms with Gasteiger partial charge in [-0.25, -0.2) is 4.79 Å². The zero-order valence-corrected chi connectivity index (χ0v) is 23.6. The van der Waals surface area contributed by atoms with Crippen LogP contribution in [0.25, 0.3) is 22.4 Å². The number of nitrogens with one attached hydrogen (secondary N) is 1. The number of ether oxygens (including phenoxy) is 4. The van der Waals surface area contributed by atoms with Crippen molar-refractivity contribution in [3.8, 4) is 17.1 Å². The fraction of sp³-hybridized carbons (Fsp3) is 0.379. The molecule has 0 unspecified atom stereocenters. The van der Waals surface area contributed by atoms with E-state index in [0.717, 1.165) is 10.9 Å². The number of amides is 1. The highest BCUT2D eigenvalue weighted by Crippen LogP contribution is 2.22. The Bertz CT molecular complexity index is 1510. The summed E-state index contributed by atoms with van der Waals surface area (Å²) in [5.74, 6) is 1.40. The SMILES string of the molecule is Cc1nnc(-c2ccc(OCCOCCOCCOCCNC(=O)Cc3c(C)c4ccc(N)cc4oc3=O)cc2)nn1. The molecule has 0 aliphatic carbocycles. The summed E-state index contributed by atoms with van der Waals surface area (Å²) in [6.45, 7) is 6.61. The number of hydrogen-bond donors (Lipinski definition) is 2. The molecule has 0 atom stereocenters. The molecule has 13 heteroatoms. The van der Waals surface area contributed by atoms with E-state index in [0.29, 0.717) is 92.6 Å². The van der Waals surface area contributed by atoms with Gasteiger partial charge in [0, 0.05) is 29.2 Å². The Hall–Kier alpha value is -4.46. The number of anilines is 1. The lowest BCUT2D eigenvalue weighted by atomic mass is 10.0. The molecule has 13 nitrogen and oxygen atoms in total. The van der Waals surface area contributed by atoms with Crippen molar-refractivity contribution in [2.24, 2.45) is 0 Å². The van der Waals surface area contributed by atoms with Gasteiger partial charge in [-0.1, -0.05) is 0 Å². The van der Waals surface area contributed by atoms with E-state index in [-0.39, 0.29) is 12.3 Å². The molecule has 3 N–H and O–H groups in total. The lowest BCUT2D eigenvalue weighted by Crippen LogP contribution is -2.30. The Labute approximate surface area is 242 Å². The minimum absolute atomic E-state index is 0.0752.